The number of methoxy groups -OCH3 is 1. The van der Waals surface area contributed by atoms with Crippen LogP contribution >= 0.6 is 0 Å². The summed E-state index contributed by atoms with van der Waals surface area (Å²) in [5.41, 5.74) is 2.11. The highest BCUT2D eigenvalue weighted by atomic mass is 32.2. The largest absolute Gasteiger partial charge is 0.497 e. The monoisotopic (exact) mass is 459 g/mol. The van der Waals surface area contributed by atoms with Crippen molar-refractivity contribution in [3.8, 4) is 5.75 Å². The van der Waals surface area contributed by atoms with Gasteiger partial charge in [-0.15, -0.1) is 0 Å². The van der Waals surface area contributed by atoms with Crippen LogP contribution in [0.2, 0.25) is 0 Å². The summed E-state index contributed by atoms with van der Waals surface area (Å²) in [6, 6.07) is 14.4. The molecule has 1 fully saturated rings. The van der Waals surface area contributed by atoms with Crippen LogP contribution in [-0.4, -0.2) is 62.9 Å². The van der Waals surface area contributed by atoms with Crippen LogP contribution in [0.1, 0.15) is 37.8 Å². The number of carbonyl (C=O) groups is 1. The van der Waals surface area contributed by atoms with Gasteiger partial charge in [-0.1, -0.05) is 38.1 Å². The standard InChI is InChI=1S/C24H33N3O4S/c1-18(2)21-7-11-23(12-8-21)32(29,30)27-15-13-26(14-16-27)19(3)24(28)25-17-20-5-9-22(31-4)10-6-20/h5-12,18-19H,13-17H2,1-4H3,(H,25,28)/t19-/m1/s1. The van der Waals surface area contributed by atoms with Crippen molar-refractivity contribution in [3.63, 3.8) is 0 Å². The maximum atomic E-state index is 13.0. The predicted molar refractivity (Wildman–Crippen MR) is 125 cm³/mol. The van der Waals surface area contributed by atoms with Crippen LogP contribution in [0, 0.1) is 0 Å². The minimum atomic E-state index is -3.53. The molecule has 1 N–H and O–H groups in total. The molecule has 0 aliphatic carbocycles. The number of piperazine rings is 1. The van der Waals surface area contributed by atoms with Crippen LogP contribution in [0.4, 0.5) is 0 Å². The number of amides is 1. The average Bonchev–Trinajstić information content (AvgIpc) is 2.82. The zero-order chi connectivity index (χ0) is 23.3. The first kappa shape index (κ1) is 24.2. The molecular weight excluding hydrogens is 426 g/mol. The second-order valence-corrected chi connectivity index (χ2v) is 10.3. The van der Waals surface area contributed by atoms with Gasteiger partial charge in [0.05, 0.1) is 18.0 Å². The summed E-state index contributed by atoms with van der Waals surface area (Å²) in [7, 11) is -1.91. The van der Waals surface area contributed by atoms with Gasteiger partial charge >= 0.3 is 0 Å². The van der Waals surface area contributed by atoms with Crippen molar-refractivity contribution in [1.82, 2.24) is 14.5 Å². The van der Waals surface area contributed by atoms with E-state index >= 15 is 0 Å². The third-order valence-corrected chi connectivity index (χ3v) is 7.92. The molecule has 1 saturated heterocycles. The molecule has 1 aliphatic heterocycles. The van der Waals surface area contributed by atoms with E-state index in [4.69, 9.17) is 4.74 Å². The summed E-state index contributed by atoms with van der Waals surface area (Å²) >= 11 is 0. The number of nitrogens with one attached hydrogen (secondary N) is 1. The number of nitrogens with zero attached hydrogens (tertiary/aromatic N) is 2. The van der Waals surface area contributed by atoms with E-state index in [0.29, 0.717) is 43.5 Å². The minimum Gasteiger partial charge on any atom is -0.497 e. The highest BCUT2D eigenvalue weighted by molar-refractivity contribution is 7.89. The number of rotatable bonds is 8. The number of benzene rings is 2. The number of hydrogen-bond acceptors (Lipinski definition) is 5. The van der Waals surface area contributed by atoms with E-state index in [2.05, 4.69) is 19.2 Å². The first-order valence-corrected chi connectivity index (χ1v) is 12.4. The lowest BCUT2D eigenvalue weighted by molar-refractivity contribution is -0.126. The molecular formula is C24H33N3O4S. The molecule has 32 heavy (non-hydrogen) atoms. The topological polar surface area (TPSA) is 79.0 Å². The Morgan fingerprint density at radius 3 is 2.09 bits per heavy atom. The molecule has 0 radical (unpaired) electrons. The van der Waals surface area contributed by atoms with Crippen molar-refractivity contribution >= 4 is 15.9 Å². The highest BCUT2D eigenvalue weighted by Crippen LogP contribution is 2.21. The Kier molecular flexibility index (Phi) is 7.92. The second-order valence-electron chi connectivity index (χ2n) is 8.41. The number of carbonyl (C=O) groups excluding carboxylic acids is 1. The van der Waals surface area contributed by atoms with Gasteiger partial charge in [0.15, 0.2) is 0 Å². The highest BCUT2D eigenvalue weighted by Gasteiger charge is 2.31. The maximum Gasteiger partial charge on any atom is 0.243 e. The summed E-state index contributed by atoms with van der Waals surface area (Å²) in [6.07, 6.45) is 0. The van der Waals surface area contributed by atoms with Gasteiger partial charge in [0.1, 0.15) is 5.75 Å². The molecule has 2 aromatic rings. The number of sulfonamides is 1. The van der Waals surface area contributed by atoms with Crippen molar-refractivity contribution in [2.75, 3.05) is 33.3 Å². The fraction of sp³-hybridized carbons (Fsp3) is 0.458. The first-order valence-electron chi connectivity index (χ1n) is 11.0. The lowest BCUT2D eigenvalue weighted by atomic mass is 10.0. The van der Waals surface area contributed by atoms with Gasteiger partial charge < -0.3 is 10.1 Å². The molecule has 2 aromatic carbocycles. The van der Waals surface area contributed by atoms with Crippen LogP contribution in [-0.2, 0) is 21.4 Å². The zero-order valence-electron chi connectivity index (χ0n) is 19.2. The van der Waals surface area contributed by atoms with Crippen LogP contribution in [0.15, 0.2) is 53.4 Å². The number of ether oxygens (including phenoxy) is 1. The van der Waals surface area contributed by atoms with Crippen molar-refractivity contribution in [1.29, 1.82) is 0 Å². The van der Waals surface area contributed by atoms with Crippen molar-refractivity contribution in [3.05, 3.63) is 59.7 Å². The van der Waals surface area contributed by atoms with Gasteiger partial charge in [-0.05, 0) is 48.2 Å². The Labute approximate surface area is 191 Å². The first-order chi connectivity index (χ1) is 15.2. The molecule has 0 aromatic heterocycles. The molecule has 7 nitrogen and oxygen atoms in total. The Bertz CT molecular complexity index is 997. The maximum absolute atomic E-state index is 13.0. The Morgan fingerprint density at radius 1 is 0.969 bits per heavy atom. The lowest BCUT2D eigenvalue weighted by Crippen LogP contribution is -2.54. The molecule has 1 heterocycles. The van der Waals surface area contributed by atoms with Crippen molar-refractivity contribution in [2.24, 2.45) is 0 Å². The molecule has 0 bridgehead atoms. The SMILES string of the molecule is COc1ccc(CNC(=O)[C@@H](C)N2CCN(S(=O)(=O)c3ccc(C(C)C)cc3)CC2)cc1. The normalized spacial score (nSPS) is 16.7. The molecule has 3 rings (SSSR count). The van der Waals surface area contributed by atoms with Crippen molar-refractivity contribution in [2.45, 2.75) is 44.2 Å². The lowest BCUT2D eigenvalue weighted by Gasteiger charge is -2.36. The van der Waals surface area contributed by atoms with E-state index in [1.54, 1.807) is 19.2 Å². The van der Waals surface area contributed by atoms with E-state index in [-0.39, 0.29) is 11.9 Å². The molecule has 0 saturated carbocycles. The van der Waals surface area contributed by atoms with E-state index in [0.717, 1.165) is 16.9 Å². The van der Waals surface area contributed by atoms with E-state index in [1.165, 1.54) is 4.31 Å². The van der Waals surface area contributed by atoms with Gasteiger partial charge in [0.2, 0.25) is 15.9 Å². The summed E-state index contributed by atoms with van der Waals surface area (Å²) in [4.78, 5) is 15.0. The average molecular weight is 460 g/mol. The molecule has 1 amide bonds. The second kappa shape index (κ2) is 10.5. The molecule has 8 heteroatoms. The predicted octanol–water partition coefficient (Wildman–Crippen LogP) is 2.83. The van der Waals surface area contributed by atoms with Gasteiger partial charge in [-0.3, -0.25) is 9.69 Å². The summed E-state index contributed by atoms with van der Waals surface area (Å²) in [5, 5.41) is 2.96. The Hall–Kier alpha value is -2.42. The molecule has 0 spiro atoms. The minimum absolute atomic E-state index is 0.0681. The zero-order valence-corrected chi connectivity index (χ0v) is 20.1. The molecule has 1 atom stereocenters. The molecule has 1 aliphatic rings. The van der Waals surface area contributed by atoms with Crippen LogP contribution in [0.3, 0.4) is 0 Å². The summed E-state index contributed by atoms with van der Waals surface area (Å²) in [6.45, 7) is 8.22. The molecule has 174 valence electrons. The number of hydrogen-bond donors (Lipinski definition) is 1. The van der Waals surface area contributed by atoms with Crippen LogP contribution < -0.4 is 10.1 Å². The van der Waals surface area contributed by atoms with E-state index < -0.39 is 10.0 Å². The summed E-state index contributed by atoms with van der Waals surface area (Å²) in [5.74, 6) is 1.06. The van der Waals surface area contributed by atoms with Crippen LogP contribution in [0.25, 0.3) is 0 Å². The van der Waals surface area contributed by atoms with Gasteiger partial charge in [-0.25, -0.2) is 8.42 Å². The van der Waals surface area contributed by atoms with E-state index in [9.17, 15) is 13.2 Å². The van der Waals surface area contributed by atoms with Crippen LogP contribution in [0.5, 0.6) is 5.75 Å². The quantitative estimate of drug-likeness (QED) is 0.657. The van der Waals surface area contributed by atoms with Gasteiger partial charge in [0.25, 0.3) is 0 Å². The Morgan fingerprint density at radius 2 is 1.56 bits per heavy atom. The smallest absolute Gasteiger partial charge is 0.243 e. The van der Waals surface area contributed by atoms with Crippen molar-refractivity contribution < 1.29 is 17.9 Å². The third-order valence-electron chi connectivity index (χ3n) is 6.01. The third kappa shape index (κ3) is 5.68. The fourth-order valence-electron chi connectivity index (χ4n) is 3.75. The van der Waals surface area contributed by atoms with Gasteiger partial charge in [-0.2, -0.15) is 4.31 Å². The fourth-order valence-corrected chi connectivity index (χ4v) is 5.17. The Balaban J connectivity index is 1.52. The summed E-state index contributed by atoms with van der Waals surface area (Å²) < 4.78 is 32.7. The van der Waals surface area contributed by atoms with E-state index in [1.807, 2.05) is 48.2 Å². The van der Waals surface area contributed by atoms with Gasteiger partial charge in [0, 0.05) is 32.7 Å². The molecule has 0 unspecified atom stereocenters.